The van der Waals surface area contributed by atoms with Crippen LogP contribution in [-0.4, -0.2) is 51.0 Å². The number of amides is 1. The van der Waals surface area contributed by atoms with E-state index in [1.54, 1.807) is 39.0 Å². The van der Waals surface area contributed by atoms with Crippen LogP contribution in [0.3, 0.4) is 0 Å². The Morgan fingerprint density at radius 2 is 2.18 bits per heavy atom. The number of aromatic nitrogens is 1. The molecule has 1 aromatic rings. The lowest BCUT2D eigenvalue weighted by Gasteiger charge is -2.41. The number of hydrogen-bond acceptors (Lipinski definition) is 5. The number of hydrogen-bond donors (Lipinski definition) is 2. The summed E-state index contributed by atoms with van der Waals surface area (Å²) in [4.78, 5) is 17.7. The van der Waals surface area contributed by atoms with E-state index in [9.17, 15) is 15.0 Å². The number of pyridine rings is 1. The average molecular weight is 373 g/mol. The number of aliphatic hydroxyl groups is 2. The van der Waals surface area contributed by atoms with Crippen molar-refractivity contribution in [3.63, 3.8) is 0 Å². The normalized spacial score (nSPS) is 25.9. The van der Waals surface area contributed by atoms with Crippen LogP contribution in [-0.2, 0) is 10.3 Å². The molecule has 0 unspecified atom stereocenters. The maximum atomic E-state index is 12.0. The standard InChI is InChI=1S/C15H21BrN2O4/c1-14(2,3)22-13(20)18-8-7-15(21,11(19)9-18)10-5-4-6-12(16)17-10/h4-6,11,19,21H,7-9H2,1-3H3/t11-,15-/m1/s1. The molecule has 0 aromatic carbocycles. The Bertz CT molecular complexity index is 561. The van der Waals surface area contributed by atoms with Crippen LogP contribution in [0.4, 0.5) is 4.79 Å². The van der Waals surface area contributed by atoms with E-state index in [1.165, 1.54) is 4.90 Å². The number of aliphatic hydroxyl groups excluding tert-OH is 1. The molecule has 1 amide bonds. The zero-order valence-electron chi connectivity index (χ0n) is 12.9. The van der Waals surface area contributed by atoms with Crippen molar-refractivity contribution in [3.05, 3.63) is 28.5 Å². The molecule has 0 aliphatic carbocycles. The Morgan fingerprint density at radius 1 is 1.50 bits per heavy atom. The van der Waals surface area contributed by atoms with Crippen LogP contribution in [0.25, 0.3) is 0 Å². The molecule has 2 N–H and O–H groups in total. The van der Waals surface area contributed by atoms with Gasteiger partial charge in [0.05, 0.1) is 12.2 Å². The van der Waals surface area contributed by atoms with E-state index < -0.39 is 23.4 Å². The fourth-order valence-electron chi connectivity index (χ4n) is 2.36. The smallest absolute Gasteiger partial charge is 0.410 e. The second kappa shape index (κ2) is 6.14. The molecule has 1 aliphatic rings. The Morgan fingerprint density at radius 3 is 2.73 bits per heavy atom. The maximum Gasteiger partial charge on any atom is 0.410 e. The fourth-order valence-corrected chi connectivity index (χ4v) is 2.71. The van der Waals surface area contributed by atoms with Crippen molar-refractivity contribution in [1.29, 1.82) is 0 Å². The van der Waals surface area contributed by atoms with Crippen LogP contribution >= 0.6 is 15.9 Å². The molecule has 122 valence electrons. The predicted molar refractivity (Wildman–Crippen MR) is 84.3 cm³/mol. The highest BCUT2D eigenvalue weighted by Gasteiger charge is 2.45. The van der Waals surface area contributed by atoms with Gasteiger partial charge in [-0.2, -0.15) is 0 Å². The number of β-amino-alcohol motifs (C(OH)–C–C–N with tert-alkyl or cyclic N) is 1. The molecule has 1 fully saturated rings. The molecule has 0 saturated carbocycles. The summed E-state index contributed by atoms with van der Waals surface area (Å²) in [6.45, 7) is 5.64. The third-order valence-corrected chi connectivity index (χ3v) is 3.96. The molecule has 0 bridgehead atoms. The van der Waals surface area contributed by atoms with Gasteiger partial charge in [0.15, 0.2) is 0 Å². The topological polar surface area (TPSA) is 82.9 Å². The predicted octanol–water partition coefficient (Wildman–Crippen LogP) is 2.03. The van der Waals surface area contributed by atoms with Gasteiger partial charge in [-0.05, 0) is 48.8 Å². The maximum absolute atomic E-state index is 12.0. The molecule has 6 nitrogen and oxygen atoms in total. The molecule has 2 heterocycles. The van der Waals surface area contributed by atoms with E-state index in [0.29, 0.717) is 10.3 Å². The number of rotatable bonds is 1. The Kier molecular flexibility index (Phi) is 4.79. The van der Waals surface area contributed by atoms with Gasteiger partial charge in [-0.15, -0.1) is 0 Å². The van der Waals surface area contributed by atoms with Gasteiger partial charge in [-0.1, -0.05) is 6.07 Å². The summed E-state index contributed by atoms with van der Waals surface area (Å²) >= 11 is 3.25. The van der Waals surface area contributed by atoms with Crippen molar-refractivity contribution in [1.82, 2.24) is 9.88 Å². The number of carbonyl (C=O) groups is 1. The summed E-state index contributed by atoms with van der Waals surface area (Å²) in [5.41, 5.74) is -1.68. The molecular formula is C15H21BrN2O4. The van der Waals surface area contributed by atoms with E-state index >= 15 is 0 Å². The first-order valence-electron chi connectivity index (χ1n) is 7.13. The first-order valence-corrected chi connectivity index (χ1v) is 7.92. The van der Waals surface area contributed by atoms with E-state index in [1.807, 2.05) is 0 Å². The highest BCUT2D eigenvalue weighted by atomic mass is 79.9. The van der Waals surface area contributed by atoms with Crippen LogP contribution in [0, 0.1) is 0 Å². The van der Waals surface area contributed by atoms with Gasteiger partial charge in [0.1, 0.15) is 21.9 Å². The van der Waals surface area contributed by atoms with Crippen LogP contribution in [0.5, 0.6) is 0 Å². The van der Waals surface area contributed by atoms with E-state index in [4.69, 9.17) is 4.74 Å². The minimum Gasteiger partial charge on any atom is -0.444 e. The monoisotopic (exact) mass is 372 g/mol. The van der Waals surface area contributed by atoms with Crippen molar-refractivity contribution in [2.75, 3.05) is 13.1 Å². The van der Waals surface area contributed by atoms with Gasteiger partial charge in [0.2, 0.25) is 0 Å². The highest BCUT2D eigenvalue weighted by Crippen LogP contribution is 2.33. The molecule has 22 heavy (non-hydrogen) atoms. The summed E-state index contributed by atoms with van der Waals surface area (Å²) in [6.07, 6.45) is -1.43. The zero-order valence-corrected chi connectivity index (χ0v) is 14.5. The van der Waals surface area contributed by atoms with Gasteiger partial charge >= 0.3 is 6.09 Å². The van der Waals surface area contributed by atoms with Crippen LogP contribution in [0.2, 0.25) is 0 Å². The van der Waals surface area contributed by atoms with E-state index in [0.717, 1.165) is 0 Å². The van der Waals surface area contributed by atoms with Crippen LogP contribution in [0.1, 0.15) is 32.9 Å². The van der Waals surface area contributed by atoms with Crippen molar-refractivity contribution < 1.29 is 19.7 Å². The van der Waals surface area contributed by atoms with Gasteiger partial charge in [0, 0.05) is 13.0 Å². The third-order valence-electron chi connectivity index (χ3n) is 3.52. The number of halogens is 1. The molecular weight excluding hydrogens is 352 g/mol. The van der Waals surface area contributed by atoms with E-state index in [-0.39, 0.29) is 19.5 Å². The number of nitrogens with zero attached hydrogens (tertiary/aromatic N) is 2. The third kappa shape index (κ3) is 3.77. The molecule has 2 atom stereocenters. The molecule has 2 rings (SSSR count). The molecule has 7 heteroatoms. The number of ether oxygens (including phenoxy) is 1. The number of carbonyl (C=O) groups excluding carboxylic acids is 1. The minimum absolute atomic E-state index is 0.000390. The van der Waals surface area contributed by atoms with Crippen LogP contribution in [0.15, 0.2) is 22.8 Å². The van der Waals surface area contributed by atoms with Crippen LogP contribution < -0.4 is 0 Å². The fraction of sp³-hybridized carbons (Fsp3) is 0.600. The van der Waals surface area contributed by atoms with Crippen molar-refractivity contribution in [3.8, 4) is 0 Å². The second-order valence-corrected chi connectivity index (χ2v) is 7.27. The highest BCUT2D eigenvalue weighted by molar-refractivity contribution is 9.10. The largest absolute Gasteiger partial charge is 0.444 e. The summed E-state index contributed by atoms with van der Waals surface area (Å²) in [6, 6.07) is 5.16. The van der Waals surface area contributed by atoms with Gasteiger partial charge in [-0.3, -0.25) is 0 Å². The molecule has 1 saturated heterocycles. The molecule has 0 spiro atoms. The zero-order chi connectivity index (χ0) is 16.5. The van der Waals surface area contributed by atoms with Crippen molar-refractivity contribution in [2.24, 2.45) is 0 Å². The molecule has 1 aliphatic heterocycles. The minimum atomic E-state index is -1.47. The molecule has 1 aromatic heterocycles. The Balaban J connectivity index is 2.11. The lowest BCUT2D eigenvalue weighted by atomic mass is 9.85. The Hall–Kier alpha value is -1.18. The number of likely N-dealkylation sites (tertiary alicyclic amines) is 1. The summed E-state index contributed by atoms with van der Waals surface area (Å²) < 4.78 is 5.87. The quantitative estimate of drug-likeness (QED) is 0.737. The second-order valence-electron chi connectivity index (χ2n) is 6.46. The lowest BCUT2D eigenvalue weighted by molar-refractivity contribution is -0.125. The van der Waals surface area contributed by atoms with Gasteiger partial charge < -0.3 is 19.8 Å². The first kappa shape index (κ1) is 17.2. The average Bonchev–Trinajstić information content (AvgIpc) is 2.40. The van der Waals surface area contributed by atoms with Gasteiger partial charge in [0.25, 0.3) is 0 Å². The summed E-state index contributed by atoms with van der Waals surface area (Å²) in [5.74, 6) is 0. The first-order chi connectivity index (χ1) is 10.1. The lowest BCUT2D eigenvalue weighted by Crippen LogP contribution is -2.56. The summed E-state index contributed by atoms with van der Waals surface area (Å²) in [5, 5.41) is 21.1. The number of piperidine rings is 1. The van der Waals surface area contributed by atoms with Gasteiger partial charge in [-0.25, -0.2) is 9.78 Å². The Labute approximate surface area is 138 Å². The molecule has 0 radical (unpaired) electrons. The SMILES string of the molecule is CC(C)(C)OC(=O)N1CC[C@@](O)(c2cccc(Br)n2)[C@H](O)C1. The summed E-state index contributed by atoms with van der Waals surface area (Å²) in [7, 11) is 0. The van der Waals surface area contributed by atoms with E-state index in [2.05, 4.69) is 20.9 Å². The van der Waals surface area contributed by atoms with Crippen molar-refractivity contribution in [2.45, 2.75) is 44.5 Å². The van der Waals surface area contributed by atoms with Crippen molar-refractivity contribution >= 4 is 22.0 Å².